The summed E-state index contributed by atoms with van der Waals surface area (Å²) in [5, 5.41) is 6.94. The smallest absolute Gasteiger partial charge is 0.259 e. The second-order valence-corrected chi connectivity index (χ2v) is 3.82. The zero-order valence-corrected chi connectivity index (χ0v) is 11.0. The van der Waals surface area contributed by atoms with Gasteiger partial charge in [-0.05, 0) is 25.5 Å². The van der Waals surface area contributed by atoms with Gasteiger partial charge in [-0.1, -0.05) is 13.0 Å². The van der Waals surface area contributed by atoms with Gasteiger partial charge in [0.25, 0.3) is 5.91 Å². The first-order valence-corrected chi connectivity index (χ1v) is 5.85. The molecule has 0 bridgehead atoms. The van der Waals surface area contributed by atoms with E-state index in [2.05, 4.69) is 15.8 Å². The van der Waals surface area contributed by atoms with Crippen LogP contribution in [-0.4, -0.2) is 25.3 Å². The number of benzene rings is 1. The molecule has 0 atom stereocenters. The summed E-state index contributed by atoms with van der Waals surface area (Å²) < 4.78 is 5.09. The molecule has 0 aliphatic carbocycles. The lowest BCUT2D eigenvalue weighted by Gasteiger charge is -2.07. The van der Waals surface area contributed by atoms with Crippen molar-refractivity contribution in [2.45, 2.75) is 20.3 Å². The minimum Gasteiger partial charge on any atom is -0.497 e. The second-order valence-electron chi connectivity index (χ2n) is 3.82. The highest BCUT2D eigenvalue weighted by Gasteiger charge is 2.00. The standard InChI is InChI=1S/C13H19N3O2/c1-4-10(2)15-16-13(17)9-14-11-6-5-7-12(8-11)18-3/h5-8,14H,4,9H2,1-3H3,(H,16,17)/b15-10-. The van der Waals surface area contributed by atoms with Crippen LogP contribution in [0.1, 0.15) is 20.3 Å². The molecule has 0 saturated heterocycles. The van der Waals surface area contributed by atoms with E-state index in [1.807, 2.05) is 38.1 Å². The van der Waals surface area contributed by atoms with Gasteiger partial charge in [-0.15, -0.1) is 0 Å². The molecule has 0 aliphatic heterocycles. The average molecular weight is 249 g/mol. The molecule has 2 N–H and O–H groups in total. The fourth-order valence-electron chi connectivity index (χ4n) is 1.19. The maximum atomic E-state index is 11.5. The van der Waals surface area contributed by atoms with Gasteiger partial charge >= 0.3 is 0 Å². The van der Waals surface area contributed by atoms with Crippen molar-refractivity contribution in [1.82, 2.24) is 5.43 Å². The first-order chi connectivity index (χ1) is 8.65. The summed E-state index contributed by atoms with van der Waals surface area (Å²) in [6.45, 7) is 4.03. The lowest BCUT2D eigenvalue weighted by atomic mass is 10.3. The number of hydrazone groups is 1. The number of amides is 1. The highest BCUT2D eigenvalue weighted by Crippen LogP contribution is 2.16. The van der Waals surface area contributed by atoms with Crippen molar-refractivity contribution in [2.24, 2.45) is 5.10 Å². The number of nitrogens with zero attached hydrogens (tertiary/aromatic N) is 1. The normalized spacial score (nSPS) is 10.9. The molecule has 0 unspecified atom stereocenters. The van der Waals surface area contributed by atoms with Crippen LogP contribution < -0.4 is 15.5 Å². The van der Waals surface area contributed by atoms with Crippen LogP contribution in [0, 0.1) is 0 Å². The van der Waals surface area contributed by atoms with Crippen molar-refractivity contribution in [1.29, 1.82) is 0 Å². The topological polar surface area (TPSA) is 62.7 Å². The van der Waals surface area contributed by atoms with E-state index in [0.29, 0.717) is 0 Å². The molecule has 0 fully saturated rings. The van der Waals surface area contributed by atoms with Crippen molar-refractivity contribution in [3.05, 3.63) is 24.3 Å². The van der Waals surface area contributed by atoms with E-state index in [1.54, 1.807) is 7.11 Å². The minimum absolute atomic E-state index is 0.174. The number of ether oxygens (including phenoxy) is 1. The second kappa shape index (κ2) is 7.32. The largest absolute Gasteiger partial charge is 0.497 e. The van der Waals surface area contributed by atoms with Crippen LogP contribution in [0.4, 0.5) is 5.69 Å². The minimum atomic E-state index is -0.175. The molecule has 0 saturated carbocycles. The number of hydrogen-bond acceptors (Lipinski definition) is 4. The molecule has 1 aromatic carbocycles. The third kappa shape index (κ3) is 4.86. The molecular weight excluding hydrogens is 230 g/mol. The molecule has 0 spiro atoms. The molecule has 1 rings (SSSR count). The summed E-state index contributed by atoms with van der Waals surface area (Å²) in [4.78, 5) is 11.5. The van der Waals surface area contributed by atoms with E-state index in [1.165, 1.54) is 0 Å². The van der Waals surface area contributed by atoms with Crippen molar-refractivity contribution in [2.75, 3.05) is 19.0 Å². The van der Waals surface area contributed by atoms with Gasteiger partial charge in [0.05, 0.1) is 13.7 Å². The lowest BCUT2D eigenvalue weighted by Crippen LogP contribution is -2.26. The summed E-state index contributed by atoms with van der Waals surface area (Å²) in [6, 6.07) is 7.41. The summed E-state index contributed by atoms with van der Waals surface area (Å²) in [5.41, 5.74) is 4.21. The number of carbonyl (C=O) groups is 1. The third-order valence-electron chi connectivity index (χ3n) is 2.41. The number of hydrogen-bond donors (Lipinski definition) is 2. The Kier molecular flexibility index (Phi) is 5.70. The highest BCUT2D eigenvalue weighted by atomic mass is 16.5. The van der Waals surface area contributed by atoms with Gasteiger partial charge in [0.2, 0.25) is 0 Å². The van der Waals surface area contributed by atoms with Gasteiger partial charge < -0.3 is 10.1 Å². The molecule has 0 heterocycles. The van der Waals surface area contributed by atoms with Gasteiger partial charge in [0, 0.05) is 17.5 Å². The fourth-order valence-corrected chi connectivity index (χ4v) is 1.19. The van der Waals surface area contributed by atoms with Crippen molar-refractivity contribution in [3.63, 3.8) is 0 Å². The first kappa shape index (κ1) is 14.0. The number of nitrogens with one attached hydrogen (secondary N) is 2. The molecule has 98 valence electrons. The lowest BCUT2D eigenvalue weighted by molar-refractivity contribution is -0.119. The molecule has 1 amide bonds. The monoisotopic (exact) mass is 249 g/mol. The van der Waals surface area contributed by atoms with Crippen LogP contribution in [0.2, 0.25) is 0 Å². The number of rotatable bonds is 6. The van der Waals surface area contributed by atoms with E-state index in [0.717, 1.165) is 23.6 Å². The first-order valence-electron chi connectivity index (χ1n) is 5.85. The Labute approximate surface area is 107 Å². The van der Waals surface area contributed by atoms with E-state index < -0.39 is 0 Å². The molecule has 5 nitrogen and oxygen atoms in total. The maximum absolute atomic E-state index is 11.5. The zero-order chi connectivity index (χ0) is 13.4. The van der Waals surface area contributed by atoms with Crippen LogP contribution in [0.3, 0.4) is 0 Å². The summed E-state index contributed by atoms with van der Waals surface area (Å²) in [5.74, 6) is 0.575. The van der Waals surface area contributed by atoms with Gasteiger partial charge in [-0.25, -0.2) is 5.43 Å². The predicted molar refractivity (Wildman–Crippen MR) is 73.0 cm³/mol. The van der Waals surface area contributed by atoms with Crippen molar-refractivity contribution in [3.8, 4) is 5.75 Å². The predicted octanol–water partition coefficient (Wildman–Crippen LogP) is 2.01. The molecular formula is C13H19N3O2. The molecule has 18 heavy (non-hydrogen) atoms. The molecule has 0 aliphatic rings. The van der Waals surface area contributed by atoms with E-state index in [9.17, 15) is 4.79 Å². The van der Waals surface area contributed by atoms with Gasteiger partial charge in [-0.2, -0.15) is 5.10 Å². The van der Waals surface area contributed by atoms with E-state index >= 15 is 0 Å². The number of methoxy groups -OCH3 is 1. The van der Waals surface area contributed by atoms with Crippen LogP contribution in [-0.2, 0) is 4.79 Å². The Morgan fingerprint density at radius 3 is 2.89 bits per heavy atom. The fraction of sp³-hybridized carbons (Fsp3) is 0.385. The Morgan fingerprint density at radius 2 is 2.22 bits per heavy atom. The van der Waals surface area contributed by atoms with Crippen LogP contribution in [0.25, 0.3) is 0 Å². The number of carbonyl (C=O) groups excluding carboxylic acids is 1. The van der Waals surface area contributed by atoms with E-state index in [-0.39, 0.29) is 12.5 Å². The third-order valence-corrected chi connectivity index (χ3v) is 2.41. The molecule has 0 radical (unpaired) electrons. The summed E-state index contributed by atoms with van der Waals surface area (Å²) >= 11 is 0. The summed E-state index contributed by atoms with van der Waals surface area (Å²) in [6.07, 6.45) is 0.823. The van der Waals surface area contributed by atoms with Crippen LogP contribution >= 0.6 is 0 Å². The van der Waals surface area contributed by atoms with Gasteiger partial charge in [0.1, 0.15) is 5.75 Å². The summed E-state index contributed by atoms with van der Waals surface area (Å²) in [7, 11) is 1.61. The Bertz CT molecular complexity index is 430. The number of anilines is 1. The maximum Gasteiger partial charge on any atom is 0.259 e. The van der Waals surface area contributed by atoms with Gasteiger partial charge in [-0.3, -0.25) is 4.79 Å². The van der Waals surface area contributed by atoms with Crippen molar-refractivity contribution >= 4 is 17.3 Å². The van der Waals surface area contributed by atoms with Crippen LogP contribution in [0.5, 0.6) is 5.75 Å². The van der Waals surface area contributed by atoms with Crippen molar-refractivity contribution < 1.29 is 9.53 Å². The average Bonchev–Trinajstić information content (AvgIpc) is 2.42. The molecule has 1 aromatic rings. The zero-order valence-electron chi connectivity index (χ0n) is 11.0. The Morgan fingerprint density at radius 1 is 1.44 bits per heavy atom. The van der Waals surface area contributed by atoms with E-state index in [4.69, 9.17) is 4.74 Å². The Hall–Kier alpha value is -2.04. The van der Waals surface area contributed by atoms with Crippen LogP contribution in [0.15, 0.2) is 29.4 Å². The quantitative estimate of drug-likeness (QED) is 0.599. The van der Waals surface area contributed by atoms with Gasteiger partial charge in [0.15, 0.2) is 0 Å². The Balaban J connectivity index is 2.42. The SMILES string of the molecule is CC/C(C)=N\NC(=O)CNc1cccc(OC)c1. The molecule has 0 aromatic heterocycles. The highest BCUT2D eigenvalue weighted by molar-refractivity contribution is 5.85. The molecule has 5 heteroatoms.